The van der Waals surface area contributed by atoms with E-state index in [1.165, 1.54) is 0 Å². The van der Waals surface area contributed by atoms with E-state index in [1.54, 1.807) is 7.11 Å². The normalized spacial score (nSPS) is 14.1. The van der Waals surface area contributed by atoms with E-state index in [2.05, 4.69) is 38.3 Å². The fourth-order valence-electron chi connectivity index (χ4n) is 1.59. The summed E-state index contributed by atoms with van der Waals surface area (Å²) < 4.78 is 5.12. The molecule has 98 valence electrons. The molecule has 0 aliphatic heterocycles. The van der Waals surface area contributed by atoms with Crippen LogP contribution in [0.25, 0.3) is 0 Å². The van der Waals surface area contributed by atoms with Crippen LogP contribution < -0.4 is 10.6 Å². The fourth-order valence-corrected chi connectivity index (χ4v) is 1.59. The molecule has 0 aliphatic carbocycles. The van der Waals surface area contributed by atoms with Gasteiger partial charge in [-0.1, -0.05) is 27.7 Å². The fraction of sp³-hybridized carbons (Fsp3) is 1.00. The van der Waals surface area contributed by atoms with Crippen molar-refractivity contribution in [3.63, 3.8) is 0 Å². The van der Waals surface area contributed by atoms with Gasteiger partial charge in [-0.2, -0.15) is 0 Å². The third-order valence-electron chi connectivity index (χ3n) is 2.82. The average molecular weight is 230 g/mol. The summed E-state index contributed by atoms with van der Waals surface area (Å²) in [5, 5.41) is 6.92. The first-order valence-electron chi connectivity index (χ1n) is 6.42. The monoisotopic (exact) mass is 230 g/mol. The number of nitrogens with one attached hydrogen (secondary N) is 2. The molecule has 0 heterocycles. The lowest BCUT2D eigenvalue weighted by molar-refractivity contribution is 0.150. The zero-order chi connectivity index (χ0) is 12.4. The number of methoxy groups -OCH3 is 1. The molecule has 0 fully saturated rings. The highest BCUT2D eigenvalue weighted by Gasteiger charge is 2.17. The minimum Gasteiger partial charge on any atom is -0.385 e. The molecule has 0 saturated heterocycles. The van der Waals surface area contributed by atoms with E-state index in [9.17, 15) is 0 Å². The van der Waals surface area contributed by atoms with Crippen molar-refractivity contribution < 1.29 is 4.74 Å². The van der Waals surface area contributed by atoms with Gasteiger partial charge in [0.25, 0.3) is 0 Å². The smallest absolute Gasteiger partial charge is 0.0467 e. The molecule has 0 amide bonds. The topological polar surface area (TPSA) is 33.3 Å². The summed E-state index contributed by atoms with van der Waals surface area (Å²) >= 11 is 0. The van der Waals surface area contributed by atoms with Crippen LogP contribution >= 0.6 is 0 Å². The lowest BCUT2D eigenvalue weighted by Crippen LogP contribution is -2.35. The van der Waals surface area contributed by atoms with Gasteiger partial charge in [-0.25, -0.2) is 0 Å². The van der Waals surface area contributed by atoms with E-state index in [0.29, 0.717) is 11.3 Å². The van der Waals surface area contributed by atoms with Crippen LogP contribution in [0.4, 0.5) is 0 Å². The van der Waals surface area contributed by atoms with Crippen LogP contribution in [-0.4, -0.2) is 39.9 Å². The highest BCUT2D eigenvalue weighted by atomic mass is 16.5. The summed E-state index contributed by atoms with van der Waals surface area (Å²) in [6.45, 7) is 14.2. The van der Waals surface area contributed by atoms with Crippen molar-refractivity contribution in [2.24, 2.45) is 11.3 Å². The van der Waals surface area contributed by atoms with E-state index < -0.39 is 0 Å². The SMILES string of the molecule is CCNCC(C)CNCC(C)(C)CCOC. The van der Waals surface area contributed by atoms with E-state index >= 15 is 0 Å². The van der Waals surface area contributed by atoms with Crippen LogP contribution in [0.5, 0.6) is 0 Å². The van der Waals surface area contributed by atoms with E-state index in [-0.39, 0.29) is 0 Å². The van der Waals surface area contributed by atoms with Crippen LogP contribution in [-0.2, 0) is 4.74 Å². The third-order valence-corrected chi connectivity index (χ3v) is 2.82. The Morgan fingerprint density at radius 3 is 2.38 bits per heavy atom. The maximum atomic E-state index is 5.12. The summed E-state index contributed by atoms with van der Waals surface area (Å²) in [6, 6.07) is 0. The highest BCUT2D eigenvalue weighted by Crippen LogP contribution is 2.18. The van der Waals surface area contributed by atoms with Crippen LogP contribution in [0.15, 0.2) is 0 Å². The van der Waals surface area contributed by atoms with Crippen molar-refractivity contribution in [3.8, 4) is 0 Å². The molecule has 0 bridgehead atoms. The Balaban J connectivity index is 3.54. The van der Waals surface area contributed by atoms with Gasteiger partial charge in [-0.15, -0.1) is 0 Å². The number of hydrogen-bond acceptors (Lipinski definition) is 3. The Kier molecular flexibility index (Phi) is 8.90. The average Bonchev–Trinajstić information content (AvgIpc) is 2.23. The Morgan fingerprint density at radius 1 is 1.19 bits per heavy atom. The van der Waals surface area contributed by atoms with Crippen molar-refractivity contribution in [2.45, 2.75) is 34.1 Å². The summed E-state index contributed by atoms with van der Waals surface area (Å²) in [7, 11) is 1.77. The molecule has 0 rings (SSSR count). The molecule has 0 saturated carbocycles. The minimum atomic E-state index is 0.327. The zero-order valence-electron chi connectivity index (χ0n) is 11.7. The summed E-state index contributed by atoms with van der Waals surface area (Å²) in [5.74, 6) is 0.693. The van der Waals surface area contributed by atoms with Crippen LogP contribution in [0, 0.1) is 11.3 Å². The molecular formula is C13H30N2O. The lowest BCUT2D eigenvalue weighted by atomic mass is 9.89. The van der Waals surface area contributed by atoms with Crippen molar-refractivity contribution >= 4 is 0 Å². The van der Waals surface area contributed by atoms with Gasteiger partial charge in [0.15, 0.2) is 0 Å². The molecular weight excluding hydrogens is 200 g/mol. The van der Waals surface area contributed by atoms with E-state index in [1.807, 2.05) is 0 Å². The van der Waals surface area contributed by atoms with Gasteiger partial charge in [0, 0.05) is 20.3 Å². The summed E-state index contributed by atoms with van der Waals surface area (Å²) in [4.78, 5) is 0. The van der Waals surface area contributed by atoms with Gasteiger partial charge >= 0.3 is 0 Å². The number of hydrogen-bond donors (Lipinski definition) is 2. The first kappa shape index (κ1) is 15.9. The van der Waals surface area contributed by atoms with Crippen molar-refractivity contribution in [2.75, 3.05) is 39.9 Å². The van der Waals surface area contributed by atoms with Gasteiger partial charge in [-0.05, 0) is 37.4 Å². The molecule has 0 aromatic carbocycles. The Hall–Kier alpha value is -0.120. The van der Waals surface area contributed by atoms with Crippen molar-refractivity contribution in [1.29, 1.82) is 0 Å². The Bertz CT molecular complexity index is 160. The standard InChI is InChI=1S/C13H30N2O/c1-6-14-9-12(2)10-15-11-13(3,4)7-8-16-5/h12,14-15H,6-11H2,1-5H3. The van der Waals surface area contributed by atoms with Gasteiger partial charge in [0.2, 0.25) is 0 Å². The molecule has 0 spiro atoms. The third kappa shape index (κ3) is 9.13. The van der Waals surface area contributed by atoms with Crippen LogP contribution in [0.2, 0.25) is 0 Å². The van der Waals surface area contributed by atoms with Crippen LogP contribution in [0.3, 0.4) is 0 Å². The molecule has 3 nitrogen and oxygen atoms in total. The first-order valence-corrected chi connectivity index (χ1v) is 6.42. The predicted octanol–water partition coefficient (Wildman–Crippen LogP) is 1.88. The first-order chi connectivity index (χ1) is 7.52. The minimum absolute atomic E-state index is 0.327. The summed E-state index contributed by atoms with van der Waals surface area (Å²) in [6.07, 6.45) is 1.11. The molecule has 1 unspecified atom stereocenters. The van der Waals surface area contributed by atoms with E-state index in [4.69, 9.17) is 4.74 Å². The number of ether oxygens (including phenoxy) is 1. The van der Waals surface area contributed by atoms with E-state index in [0.717, 1.165) is 39.2 Å². The molecule has 16 heavy (non-hydrogen) atoms. The summed E-state index contributed by atoms with van der Waals surface area (Å²) in [5.41, 5.74) is 0.327. The maximum Gasteiger partial charge on any atom is 0.0467 e. The predicted molar refractivity (Wildman–Crippen MR) is 70.9 cm³/mol. The molecule has 0 aliphatic rings. The van der Waals surface area contributed by atoms with Crippen molar-refractivity contribution in [3.05, 3.63) is 0 Å². The molecule has 2 N–H and O–H groups in total. The lowest BCUT2D eigenvalue weighted by Gasteiger charge is -2.25. The molecule has 0 radical (unpaired) electrons. The van der Waals surface area contributed by atoms with Gasteiger partial charge in [0.1, 0.15) is 0 Å². The Labute approximate surface area is 101 Å². The number of rotatable bonds is 10. The Morgan fingerprint density at radius 2 is 1.81 bits per heavy atom. The van der Waals surface area contributed by atoms with Gasteiger partial charge in [0.05, 0.1) is 0 Å². The van der Waals surface area contributed by atoms with Gasteiger partial charge in [-0.3, -0.25) is 0 Å². The second-order valence-electron chi connectivity index (χ2n) is 5.45. The second-order valence-corrected chi connectivity index (χ2v) is 5.45. The van der Waals surface area contributed by atoms with Crippen LogP contribution in [0.1, 0.15) is 34.1 Å². The zero-order valence-corrected chi connectivity index (χ0v) is 11.7. The highest BCUT2D eigenvalue weighted by molar-refractivity contribution is 4.72. The largest absolute Gasteiger partial charge is 0.385 e. The van der Waals surface area contributed by atoms with Gasteiger partial charge < -0.3 is 15.4 Å². The maximum absolute atomic E-state index is 5.12. The second kappa shape index (κ2) is 8.97. The quantitative estimate of drug-likeness (QED) is 0.601. The molecule has 0 aromatic heterocycles. The molecule has 0 aromatic rings. The molecule has 1 atom stereocenters. The molecule has 3 heteroatoms. The van der Waals surface area contributed by atoms with Crippen molar-refractivity contribution in [1.82, 2.24) is 10.6 Å².